The van der Waals surface area contributed by atoms with Gasteiger partial charge in [-0.1, -0.05) is 25.1 Å². The lowest BCUT2D eigenvalue weighted by atomic mass is 9.97. The number of piperidine rings is 1. The molecule has 1 aliphatic rings. The molecule has 31 heavy (non-hydrogen) atoms. The standard InChI is InChI=1S/C25H30FN3O2/c1-5-6-12-27-25(28-21-11-13-29(3)24(30)16-21)22-14-19(15-23(31-4)17(22)2)18-7-9-20(26)10-8-18/h6-10,12,14-15,21H,5,11,13,16H2,1-4H3,(H,27,28)/b12-6+. The number of allylic oxidation sites excluding steroid dienone is 1. The average Bonchev–Trinajstić information content (AvgIpc) is 2.76. The monoisotopic (exact) mass is 423 g/mol. The lowest BCUT2D eigenvalue weighted by Gasteiger charge is -2.27. The summed E-state index contributed by atoms with van der Waals surface area (Å²) in [5, 5.41) is 3.32. The fraction of sp³-hybridized carbons (Fsp3) is 0.360. The first kappa shape index (κ1) is 22.5. The molecule has 0 aliphatic carbocycles. The van der Waals surface area contributed by atoms with Crippen molar-refractivity contribution in [3.63, 3.8) is 0 Å². The van der Waals surface area contributed by atoms with Crippen molar-refractivity contribution in [1.29, 1.82) is 0 Å². The molecule has 2 aromatic rings. The van der Waals surface area contributed by atoms with Crippen LogP contribution in [0.2, 0.25) is 0 Å². The van der Waals surface area contributed by atoms with Crippen LogP contribution in [0.3, 0.4) is 0 Å². The normalized spacial score (nSPS) is 17.3. The Morgan fingerprint density at radius 1 is 1.29 bits per heavy atom. The topological polar surface area (TPSA) is 53.9 Å². The highest BCUT2D eigenvalue weighted by atomic mass is 19.1. The number of amides is 1. The van der Waals surface area contributed by atoms with E-state index in [0.29, 0.717) is 18.8 Å². The quantitative estimate of drug-likeness (QED) is 0.542. The van der Waals surface area contributed by atoms with E-state index in [1.807, 2.05) is 38.4 Å². The maximum atomic E-state index is 13.4. The fourth-order valence-electron chi connectivity index (χ4n) is 3.61. The number of nitrogens with zero attached hydrogens (tertiary/aromatic N) is 2. The van der Waals surface area contributed by atoms with E-state index in [-0.39, 0.29) is 17.8 Å². The van der Waals surface area contributed by atoms with Crippen molar-refractivity contribution < 1.29 is 13.9 Å². The Morgan fingerprint density at radius 3 is 2.68 bits per heavy atom. The molecule has 1 N–H and O–H groups in total. The number of likely N-dealkylation sites (tertiary alicyclic amines) is 1. The van der Waals surface area contributed by atoms with Crippen LogP contribution in [0.15, 0.2) is 53.7 Å². The minimum Gasteiger partial charge on any atom is -0.496 e. The molecule has 1 unspecified atom stereocenters. The van der Waals surface area contributed by atoms with Crippen LogP contribution in [0.5, 0.6) is 5.75 Å². The summed E-state index contributed by atoms with van der Waals surface area (Å²) >= 11 is 0. The number of hydrogen-bond donors (Lipinski definition) is 1. The van der Waals surface area contributed by atoms with Gasteiger partial charge in [0, 0.05) is 31.1 Å². The summed E-state index contributed by atoms with van der Waals surface area (Å²) in [7, 11) is 3.46. The Balaban J connectivity index is 2.07. The number of halogens is 1. The number of carbonyl (C=O) groups excluding carboxylic acids is 1. The number of methoxy groups -OCH3 is 1. The zero-order chi connectivity index (χ0) is 22.4. The highest BCUT2D eigenvalue weighted by Crippen LogP contribution is 2.31. The number of amidine groups is 1. The van der Waals surface area contributed by atoms with E-state index in [2.05, 4.69) is 12.2 Å². The number of carbonyl (C=O) groups is 1. The summed E-state index contributed by atoms with van der Waals surface area (Å²) in [6, 6.07) is 10.3. The Hall–Kier alpha value is -3.15. The first-order valence-electron chi connectivity index (χ1n) is 10.6. The van der Waals surface area contributed by atoms with Crippen molar-refractivity contribution in [3.8, 4) is 16.9 Å². The third-order valence-electron chi connectivity index (χ3n) is 5.53. The molecule has 0 radical (unpaired) electrons. The van der Waals surface area contributed by atoms with Crippen molar-refractivity contribution >= 4 is 11.7 Å². The number of aliphatic imine (C=N–C) groups is 1. The molecule has 0 bridgehead atoms. The van der Waals surface area contributed by atoms with Gasteiger partial charge in [-0.25, -0.2) is 4.39 Å². The van der Waals surface area contributed by atoms with Gasteiger partial charge in [0.05, 0.1) is 13.2 Å². The second-order valence-electron chi connectivity index (χ2n) is 7.75. The molecule has 1 saturated heterocycles. The van der Waals surface area contributed by atoms with E-state index in [1.165, 1.54) is 12.1 Å². The molecular formula is C25H30FN3O2. The van der Waals surface area contributed by atoms with Gasteiger partial charge < -0.3 is 15.0 Å². The lowest BCUT2D eigenvalue weighted by molar-refractivity contribution is -0.132. The molecule has 164 valence electrons. The molecule has 3 rings (SSSR count). The summed E-state index contributed by atoms with van der Waals surface area (Å²) in [5.41, 5.74) is 3.64. The third kappa shape index (κ3) is 5.51. The van der Waals surface area contributed by atoms with E-state index in [1.54, 1.807) is 24.1 Å². The predicted molar refractivity (Wildman–Crippen MR) is 123 cm³/mol. The Labute approximate surface area is 183 Å². The molecule has 2 aromatic carbocycles. The van der Waals surface area contributed by atoms with Crippen LogP contribution in [0.1, 0.15) is 37.3 Å². The van der Waals surface area contributed by atoms with Crippen LogP contribution in [0.25, 0.3) is 11.1 Å². The lowest BCUT2D eigenvalue weighted by Crippen LogP contribution is -2.38. The van der Waals surface area contributed by atoms with Gasteiger partial charge in [-0.2, -0.15) is 0 Å². The molecule has 0 aromatic heterocycles. The van der Waals surface area contributed by atoms with Crippen molar-refractivity contribution in [3.05, 3.63) is 65.6 Å². The number of rotatable bonds is 6. The van der Waals surface area contributed by atoms with Gasteiger partial charge in [0.1, 0.15) is 17.4 Å². The number of benzene rings is 2. The number of hydrogen-bond acceptors (Lipinski definition) is 3. The maximum absolute atomic E-state index is 13.4. The smallest absolute Gasteiger partial charge is 0.224 e. The van der Waals surface area contributed by atoms with E-state index >= 15 is 0 Å². The second-order valence-corrected chi connectivity index (χ2v) is 7.75. The van der Waals surface area contributed by atoms with Crippen LogP contribution in [-0.4, -0.2) is 43.4 Å². The predicted octanol–water partition coefficient (Wildman–Crippen LogP) is 4.69. The molecule has 1 atom stereocenters. The zero-order valence-electron chi connectivity index (χ0n) is 18.6. The van der Waals surface area contributed by atoms with Crippen molar-refractivity contribution in [1.82, 2.24) is 10.2 Å². The van der Waals surface area contributed by atoms with Crippen molar-refractivity contribution in [2.45, 2.75) is 39.2 Å². The summed E-state index contributed by atoms with van der Waals surface area (Å²) in [4.78, 5) is 18.9. The van der Waals surface area contributed by atoms with Crippen LogP contribution < -0.4 is 10.1 Å². The highest BCUT2D eigenvalue weighted by Gasteiger charge is 2.24. The fourth-order valence-corrected chi connectivity index (χ4v) is 3.61. The number of nitrogens with one attached hydrogen (secondary N) is 1. The zero-order valence-corrected chi connectivity index (χ0v) is 18.6. The Kier molecular flexibility index (Phi) is 7.45. The molecule has 1 fully saturated rings. The molecule has 5 nitrogen and oxygen atoms in total. The van der Waals surface area contributed by atoms with Gasteiger partial charge in [-0.3, -0.25) is 9.79 Å². The van der Waals surface area contributed by atoms with Crippen LogP contribution >= 0.6 is 0 Å². The van der Waals surface area contributed by atoms with E-state index < -0.39 is 0 Å². The van der Waals surface area contributed by atoms with Gasteiger partial charge in [0.25, 0.3) is 0 Å². The first-order chi connectivity index (χ1) is 14.9. The molecular weight excluding hydrogens is 393 g/mol. The van der Waals surface area contributed by atoms with Gasteiger partial charge in [-0.05, 0) is 61.4 Å². The SMILES string of the molecule is CC/C=C/NC(=NC1CCN(C)C(=O)C1)c1cc(-c2ccc(F)cc2)cc(OC)c1C. The van der Waals surface area contributed by atoms with E-state index in [4.69, 9.17) is 9.73 Å². The molecule has 1 heterocycles. The van der Waals surface area contributed by atoms with E-state index in [9.17, 15) is 9.18 Å². The molecule has 6 heteroatoms. The molecule has 0 saturated carbocycles. The maximum Gasteiger partial charge on any atom is 0.224 e. The van der Waals surface area contributed by atoms with Gasteiger partial charge in [-0.15, -0.1) is 0 Å². The second kappa shape index (κ2) is 10.2. The van der Waals surface area contributed by atoms with Gasteiger partial charge in [0.15, 0.2) is 0 Å². The van der Waals surface area contributed by atoms with Gasteiger partial charge >= 0.3 is 0 Å². The summed E-state index contributed by atoms with van der Waals surface area (Å²) in [6.07, 6.45) is 6.01. The van der Waals surface area contributed by atoms with Gasteiger partial charge in [0.2, 0.25) is 5.91 Å². The highest BCUT2D eigenvalue weighted by molar-refractivity contribution is 6.02. The largest absolute Gasteiger partial charge is 0.496 e. The Bertz CT molecular complexity index is 983. The Morgan fingerprint density at radius 2 is 2.03 bits per heavy atom. The average molecular weight is 424 g/mol. The minimum atomic E-state index is -0.274. The van der Waals surface area contributed by atoms with Crippen molar-refractivity contribution in [2.24, 2.45) is 4.99 Å². The van der Waals surface area contributed by atoms with Crippen molar-refractivity contribution in [2.75, 3.05) is 20.7 Å². The first-order valence-corrected chi connectivity index (χ1v) is 10.6. The molecule has 1 aliphatic heterocycles. The summed E-state index contributed by atoms with van der Waals surface area (Å²) in [6.45, 7) is 4.75. The summed E-state index contributed by atoms with van der Waals surface area (Å²) < 4.78 is 19.1. The van der Waals surface area contributed by atoms with Crippen LogP contribution in [-0.2, 0) is 4.79 Å². The molecule has 1 amide bonds. The molecule has 0 spiro atoms. The summed E-state index contributed by atoms with van der Waals surface area (Å²) in [5.74, 6) is 1.26. The number of ether oxygens (including phenoxy) is 1. The van der Waals surface area contributed by atoms with Crippen LogP contribution in [0, 0.1) is 12.7 Å². The van der Waals surface area contributed by atoms with Crippen LogP contribution in [0.4, 0.5) is 4.39 Å². The van der Waals surface area contributed by atoms with E-state index in [0.717, 1.165) is 40.8 Å². The third-order valence-corrected chi connectivity index (χ3v) is 5.53. The minimum absolute atomic E-state index is 0.0823.